The van der Waals surface area contributed by atoms with E-state index < -0.39 is 6.10 Å². The number of benzene rings is 1. The second-order valence-corrected chi connectivity index (χ2v) is 9.89. The Bertz CT molecular complexity index is 1530. The van der Waals surface area contributed by atoms with Crippen molar-refractivity contribution in [3.63, 3.8) is 0 Å². The lowest BCUT2D eigenvalue weighted by Gasteiger charge is -2.15. The van der Waals surface area contributed by atoms with E-state index in [0.29, 0.717) is 20.6 Å². The minimum atomic E-state index is -0.817. The summed E-state index contributed by atoms with van der Waals surface area (Å²) in [5.41, 5.74) is 1.91. The Morgan fingerprint density at radius 3 is 2.72 bits per heavy atom. The topological polar surface area (TPSA) is 100 Å². The minimum absolute atomic E-state index is 0.124. The predicted octanol–water partition coefficient (Wildman–Crippen LogP) is 4.14. The molecule has 4 aromatic rings. The molecular weight excluding hydrogens is 496 g/mol. The van der Waals surface area contributed by atoms with Crippen LogP contribution < -0.4 is 10.9 Å². The van der Waals surface area contributed by atoms with Gasteiger partial charge in [-0.2, -0.15) is 0 Å². The molecule has 1 atom stereocenters. The lowest BCUT2D eigenvalue weighted by molar-refractivity contribution is -0.122. The number of nitrogens with one attached hydrogen (secondary N) is 1. The van der Waals surface area contributed by atoms with Gasteiger partial charge in [0.1, 0.15) is 21.5 Å². The average molecular weight is 519 g/mol. The quantitative estimate of drug-likeness (QED) is 0.278. The maximum Gasteiger partial charge on any atom is 0.267 e. The third-order valence-electron chi connectivity index (χ3n) is 5.77. The van der Waals surface area contributed by atoms with Crippen LogP contribution in [-0.4, -0.2) is 36.2 Å². The summed E-state index contributed by atoms with van der Waals surface area (Å²) in [5.74, 6) is 0.568. The number of aryl methyl sites for hydroxylation is 1. The molecule has 0 bridgehead atoms. The lowest BCUT2D eigenvalue weighted by atomic mass is 10.1. The number of furan rings is 1. The van der Waals surface area contributed by atoms with Crippen LogP contribution in [0.4, 0.5) is 5.82 Å². The number of aliphatic hydroxyl groups excluding tert-OH is 1. The maximum absolute atomic E-state index is 13.5. The standard InChI is InChI=1S/C26H22N4O4S2/c1-16-7-5-11-29-23(16)28-22(27-14-20(31)17-8-3-2-4-9-17)19(24(29)32)13-21-25(33)30(26(35)36-21)15-18-10-6-12-34-18/h2-13,20,27,31H,14-15H2,1H3. The van der Waals surface area contributed by atoms with E-state index in [4.69, 9.17) is 16.6 Å². The van der Waals surface area contributed by atoms with Gasteiger partial charge in [0, 0.05) is 12.7 Å². The van der Waals surface area contributed by atoms with Gasteiger partial charge in [-0.25, -0.2) is 4.98 Å². The van der Waals surface area contributed by atoms with Gasteiger partial charge >= 0.3 is 0 Å². The number of anilines is 1. The van der Waals surface area contributed by atoms with Gasteiger partial charge in [-0.05, 0) is 42.3 Å². The van der Waals surface area contributed by atoms with Gasteiger partial charge < -0.3 is 14.8 Å². The first-order chi connectivity index (χ1) is 17.4. The summed E-state index contributed by atoms with van der Waals surface area (Å²) in [7, 11) is 0. The maximum atomic E-state index is 13.5. The van der Waals surface area contributed by atoms with E-state index in [2.05, 4.69) is 10.3 Å². The Morgan fingerprint density at radius 2 is 1.97 bits per heavy atom. The molecule has 10 heteroatoms. The van der Waals surface area contributed by atoms with Crippen molar-refractivity contribution in [2.75, 3.05) is 11.9 Å². The van der Waals surface area contributed by atoms with Gasteiger partial charge in [0.25, 0.3) is 11.5 Å². The Morgan fingerprint density at radius 1 is 1.17 bits per heavy atom. The first-order valence-corrected chi connectivity index (χ1v) is 12.4. The fourth-order valence-electron chi connectivity index (χ4n) is 3.89. The summed E-state index contributed by atoms with van der Waals surface area (Å²) in [5, 5.41) is 13.8. The first kappa shape index (κ1) is 24.0. The van der Waals surface area contributed by atoms with Crippen LogP contribution in [0.1, 0.15) is 28.6 Å². The van der Waals surface area contributed by atoms with Gasteiger partial charge in [-0.15, -0.1) is 0 Å². The van der Waals surface area contributed by atoms with Crippen molar-refractivity contribution in [2.45, 2.75) is 19.6 Å². The number of nitrogens with zero attached hydrogens (tertiary/aromatic N) is 3. The van der Waals surface area contributed by atoms with Gasteiger partial charge in [-0.3, -0.25) is 18.9 Å². The molecule has 1 amide bonds. The van der Waals surface area contributed by atoms with E-state index in [1.807, 2.05) is 43.3 Å². The monoisotopic (exact) mass is 518 g/mol. The fraction of sp³-hybridized carbons (Fsp3) is 0.154. The Kier molecular flexibility index (Phi) is 6.73. The Labute approximate surface area is 216 Å². The summed E-state index contributed by atoms with van der Waals surface area (Å²) < 4.78 is 7.18. The van der Waals surface area contributed by atoms with Crippen LogP contribution >= 0.6 is 24.0 Å². The van der Waals surface area contributed by atoms with Gasteiger partial charge in [0.2, 0.25) is 0 Å². The predicted molar refractivity (Wildman–Crippen MR) is 144 cm³/mol. The van der Waals surface area contributed by atoms with Crippen LogP contribution in [0.15, 0.2) is 81.2 Å². The summed E-state index contributed by atoms with van der Waals surface area (Å²) in [4.78, 5) is 33.1. The summed E-state index contributed by atoms with van der Waals surface area (Å²) in [6, 6.07) is 16.4. The van der Waals surface area contributed by atoms with Crippen molar-refractivity contribution in [3.05, 3.63) is 105 Å². The van der Waals surface area contributed by atoms with Gasteiger partial charge in [0.15, 0.2) is 0 Å². The highest BCUT2D eigenvalue weighted by atomic mass is 32.2. The number of pyridine rings is 1. The SMILES string of the molecule is Cc1cccn2c(=O)c(C=C3SC(=S)N(Cc4ccco4)C3=O)c(NCC(O)c3ccccc3)nc12. The zero-order valence-electron chi connectivity index (χ0n) is 19.2. The number of rotatable bonds is 7. The zero-order chi connectivity index (χ0) is 25.2. The number of thioether (sulfide) groups is 1. The van der Waals surface area contributed by atoms with Crippen molar-refractivity contribution in [1.29, 1.82) is 0 Å². The molecule has 182 valence electrons. The highest BCUT2D eigenvalue weighted by Crippen LogP contribution is 2.34. The summed E-state index contributed by atoms with van der Waals surface area (Å²) in [6.07, 6.45) is 3.87. The number of hydrogen-bond donors (Lipinski definition) is 2. The molecule has 4 heterocycles. The molecule has 0 spiro atoms. The summed E-state index contributed by atoms with van der Waals surface area (Å²) in [6.45, 7) is 2.19. The Balaban J connectivity index is 1.52. The van der Waals surface area contributed by atoms with Crippen LogP contribution in [0.3, 0.4) is 0 Å². The normalized spacial score (nSPS) is 15.7. The smallest absolute Gasteiger partial charge is 0.267 e. The van der Waals surface area contributed by atoms with Gasteiger partial charge in [-0.1, -0.05) is 60.4 Å². The molecule has 3 aromatic heterocycles. The minimum Gasteiger partial charge on any atom is -0.467 e. The van der Waals surface area contributed by atoms with Crippen LogP contribution in [-0.2, 0) is 11.3 Å². The number of amides is 1. The average Bonchev–Trinajstić information content (AvgIpc) is 3.49. The lowest BCUT2D eigenvalue weighted by Crippen LogP contribution is -2.27. The van der Waals surface area contributed by atoms with Gasteiger partial charge in [0.05, 0.1) is 29.4 Å². The molecule has 1 saturated heterocycles. The zero-order valence-corrected chi connectivity index (χ0v) is 20.9. The molecular formula is C26H22N4O4S2. The van der Waals surface area contributed by atoms with E-state index >= 15 is 0 Å². The second-order valence-electron chi connectivity index (χ2n) is 8.22. The molecule has 1 unspecified atom stereocenters. The van der Waals surface area contributed by atoms with Crippen molar-refractivity contribution in [1.82, 2.24) is 14.3 Å². The van der Waals surface area contributed by atoms with Crippen LogP contribution in [0.25, 0.3) is 11.7 Å². The van der Waals surface area contributed by atoms with E-state index in [-0.39, 0.29) is 35.9 Å². The van der Waals surface area contributed by atoms with E-state index in [9.17, 15) is 14.7 Å². The highest BCUT2D eigenvalue weighted by molar-refractivity contribution is 8.26. The molecule has 1 aliphatic heterocycles. The third kappa shape index (κ3) is 4.70. The van der Waals surface area contributed by atoms with Crippen LogP contribution in [0.5, 0.6) is 0 Å². The number of carbonyl (C=O) groups excluding carboxylic acids is 1. The number of hydrogen-bond acceptors (Lipinski definition) is 8. The second kappa shape index (κ2) is 10.1. The van der Waals surface area contributed by atoms with E-state index in [1.54, 1.807) is 24.4 Å². The third-order valence-corrected chi connectivity index (χ3v) is 7.15. The molecule has 1 aromatic carbocycles. The largest absolute Gasteiger partial charge is 0.467 e. The van der Waals surface area contributed by atoms with Crippen LogP contribution in [0, 0.1) is 6.92 Å². The molecule has 2 N–H and O–H groups in total. The molecule has 0 aliphatic carbocycles. The molecule has 0 radical (unpaired) electrons. The number of aliphatic hydroxyl groups is 1. The fourth-order valence-corrected chi connectivity index (χ4v) is 5.13. The highest BCUT2D eigenvalue weighted by Gasteiger charge is 2.33. The van der Waals surface area contributed by atoms with E-state index in [0.717, 1.165) is 22.9 Å². The van der Waals surface area contributed by atoms with Crippen molar-refractivity contribution in [3.8, 4) is 0 Å². The summed E-state index contributed by atoms with van der Waals surface area (Å²) >= 11 is 6.54. The molecule has 36 heavy (non-hydrogen) atoms. The van der Waals surface area contributed by atoms with E-state index in [1.165, 1.54) is 21.6 Å². The van der Waals surface area contributed by atoms with Crippen LogP contribution in [0.2, 0.25) is 0 Å². The molecule has 1 aliphatic rings. The number of fused-ring (bicyclic) bond motifs is 1. The number of aromatic nitrogens is 2. The molecule has 1 fully saturated rings. The van der Waals surface area contributed by atoms with Crippen molar-refractivity contribution < 1.29 is 14.3 Å². The number of carbonyl (C=O) groups is 1. The van der Waals surface area contributed by atoms with Crippen molar-refractivity contribution >= 4 is 51.7 Å². The molecule has 5 rings (SSSR count). The molecule has 8 nitrogen and oxygen atoms in total. The number of thiocarbonyl (C=S) groups is 1. The molecule has 0 saturated carbocycles. The first-order valence-electron chi connectivity index (χ1n) is 11.2. The van der Waals surface area contributed by atoms with Crippen molar-refractivity contribution in [2.24, 2.45) is 0 Å². The Hall–Kier alpha value is -3.73.